The first-order valence-corrected chi connectivity index (χ1v) is 7.47. The van der Waals surface area contributed by atoms with Crippen LogP contribution in [0.1, 0.15) is 16.0 Å². The molecule has 2 rings (SSSR count). The molecule has 4 nitrogen and oxygen atoms in total. The third-order valence-electron chi connectivity index (χ3n) is 2.67. The van der Waals surface area contributed by atoms with Crippen LogP contribution in [0.3, 0.4) is 0 Å². The molecule has 1 heterocycles. The van der Waals surface area contributed by atoms with E-state index in [1.54, 1.807) is 24.3 Å². The highest BCUT2D eigenvalue weighted by Gasteiger charge is 2.18. The highest BCUT2D eigenvalue weighted by Crippen LogP contribution is 2.21. The van der Waals surface area contributed by atoms with E-state index in [9.17, 15) is 4.79 Å². The van der Waals surface area contributed by atoms with Crippen LogP contribution < -0.4 is 0 Å². The molecule has 0 aliphatic rings. The number of halogens is 1. The number of hydrogen-bond acceptors (Lipinski definition) is 5. The van der Waals surface area contributed by atoms with E-state index >= 15 is 0 Å². The number of methoxy groups -OCH3 is 1. The van der Waals surface area contributed by atoms with Crippen molar-refractivity contribution in [3.8, 4) is 11.8 Å². The molecule has 0 aliphatic heterocycles. The molecule has 2 aromatic rings. The lowest BCUT2D eigenvalue weighted by Crippen LogP contribution is -2.18. The van der Waals surface area contributed by atoms with Gasteiger partial charge in [-0.05, 0) is 23.4 Å². The Labute approximate surface area is 137 Å². The Bertz CT molecular complexity index is 771. The molecule has 22 heavy (non-hydrogen) atoms. The van der Waals surface area contributed by atoms with Crippen LogP contribution in [-0.4, -0.2) is 25.9 Å². The monoisotopic (exact) mass is 333 g/mol. The van der Waals surface area contributed by atoms with Gasteiger partial charge in [0.1, 0.15) is 7.11 Å². The van der Waals surface area contributed by atoms with Crippen LogP contribution in [0.4, 0.5) is 0 Å². The maximum atomic E-state index is 11.8. The molecular formula is C16H12ClNO3S. The van der Waals surface area contributed by atoms with E-state index < -0.39 is 5.97 Å². The molecule has 0 saturated heterocycles. The first-order valence-electron chi connectivity index (χ1n) is 6.21. The first kappa shape index (κ1) is 16.1. The predicted octanol–water partition coefficient (Wildman–Crippen LogP) is 3.32. The number of thiophene rings is 1. The quantitative estimate of drug-likeness (QED) is 0.375. The summed E-state index contributed by atoms with van der Waals surface area (Å²) in [6.45, 7) is 0. The van der Waals surface area contributed by atoms with Crippen molar-refractivity contribution in [2.24, 2.45) is 5.16 Å². The van der Waals surface area contributed by atoms with Crippen LogP contribution >= 0.6 is 22.9 Å². The Kier molecular flexibility index (Phi) is 5.59. The summed E-state index contributed by atoms with van der Waals surface area (Å²) in [4.78, 5) is 17.3. The fourth-order valence-corrected chi connectivity index (χ4v) is 2.64. The average molecular weight is 334 g/mol. The van der Waals surface area contributed by atoms with Crippen molar-refractivity contribution in [1.29, 1.82) is 0 Å². The van der Waals surface area contributed by atoms with Gasteiger partial charge in [0.05, 0.1) is 17.0 Å². The highest BCUT2D eigenvalue weighted by molar-refractivity contribution is 7.11. The number of carbonyl (C=O) groups excluding carboxylic acids is 1. The molecule has 0 aliphatic carbocycles. The molecule has 0 radical (unpaired) electrons. The van der Waals surface area contributed by atoms with Gasteiger partial charge in [-0.2, -0.15) is 0 Å². The number of carbonyl (C=O) groups is 1. The maximum absolute atomic E-state index is 11.8. The summed E-state index contributed by atoms with van der Waals surface area (Å²) in [7, 11) is 2.65. The molecule has 0 amide bonds. The van der Waals surface area contributed by atoms with Gasteiger partial charge in [-0.15, -0.1) is 11.3 Å². The Balaban J connectivity index is 2.47. The number of esters is 1. The number of nitrogens with zero attached hydrogens (tertiary/aromatic N) is 1. The predicted molar refractivity (Wildman–Crippen MR) is 87.3 cm³/mol. The minimum Gasteiger partial charge on any atom is -0.464 e. The molecule has 0 N–H and O–H groups in total. The number of oxime groups is 1. The molecule has 112 valence electrons. The van der Waals surface area contributed by atoms with Gasteiger partial charge in [-0.25, -0.2) is 4.79 Å². The van der Waals surface area contributed by atoms with Crippen LogP contribution in [0.2, 0.25) is 5.02 Å². The van der Waals surface area contributed by atoms with E-state index in [1.165, 1.54) is 25.6 Å². The summed E-state index contributed by atoms with van der Waals surface area (Å²) in [5.74, 6) is 5.41. The summed E-state index contributed by atoms with van der Waals surface area (Å²) in [5, 5.41) is 6.21. The van der Waals surface area contributed by atoms with E-state index in [-0.39, 0.29) is 5.71 Å². The Hall–Kier alpha value is -2.29. The van der Waals surface area contributed by atoms with Crippen LogP contribution in [0.25, 0.3) is 0 Å². The van der Waals surface area contributed by atoms with Crippen LogP contribution in [0.5, 0.6) is 0 Å². The summed E-state index contributed by atoms with van der Waals surface area (Å²) in [6.07, 6.45) is 0. The minimum absolute atomic E-state index is 0.0622. The Morgan fingerprint density at radius 2 is 2.00 bits per heavy atom. The zero-order chi connectivity index (χ0) is 15.9. The van der Waals surface area contributed by atoms with E-state index in [1.807, 2.05) is 11.4 Å². The first-order chi connectivity index (χ1) is 10.7. The number of hydrogen-bond donors (Lipinski definition) is 0. The van der Waals surface area contributed by atoms with Crippen molar-refractivity contribution in [1.82, 2.24) is 0 Å². The van der Waals surface area contributed by atoms with E-state index in [2.05, 4.69) is 17.0 Å². The lowest BCUT2D eigenvalue weighted by Gasteiger charge is -2.05. The standard InChI is InChI=1S/C16H12ClNO3S/c1-20-16(19)15(18-21-2)12-6-4-3-5-11(12)7-8-14-13(17)9-10-22-14/h3-6,9-10H,1-2H3. The zero-order valence-electron chi connectivity index (χ0n) is 11.9. The highest BCUT2D eigenvalue weighted by atomic mass is 35.5. The molecule has 1 aromatic heterocycles. The Morgan fingerprint density at radius 1 is 1.23 bits per heavy atom. The van der Waals surface area contributed by atoms with Gasteiger partial charge in [-0.1, -0.05) is 40.9 Å². The van der Waals surface area contributed by atoms with Gasteiger partial charge < -0.3 is 9.57 Å². The number of rotatable bonds is 3. The smallest absolute Gasteiger partial charge is 0.360 e. The van der Waals surface area contributed by atoms with Crippen molar-refractivity contribution >= 4 is 34.6 Å². The third-order valence-corrected chi connectivity index (χ3v) is 3.93. The minimum atomic E-state index is -0.592. The maximum Gasteiger partial charge on any atom is 0.360 e. The molecule has 6 heteroatoms. The van der Waals surface area contributed by atoms with Crippen LogP contribution in [0.15, 0.2) is 40.9 Å². The molecule has 1 aromatic carbocycles. The van der Waals surface area contributed by atoms with Crippen molar-refractivity contribution in [2.45, 2.75) is 0 Å². The number of benzene rings is 1. The molecule has 0 fully saturated rings. The third kappa shape index (κ3) is 3.67. The Morgan fingerprint density at radius 3 is 2.64 bits per heavy atom. The fraction of sp³-hybridized carbons (Fsp3) is 0.125. The van der Waals surface area contributed by atoms with Crippen LogP contribution in [0, 0.1) is 11.8 Å². The summed E-state index contributed by atoms with van der Waals surface area (Å²) in [6, 6.07) is 8.92. The lowest BCUT2D eigenvalue weighted by molar-refractivity contribution is -0.132. The summed E-state index contributed by atoms with van der Waals surface area (Å²) < 4.78 is 4.73. The van der Waals surface area contributed by atoms with Gasteiger partial charge in [0.2, 0.25) is 0 Å². The van der Waals surface area contributed by atoms with Crippen LogP contribution in [-0.2, 0) is 14.4 Å². The van der Waals surface area contributed by atoms with Gasteiger partial charge in [0.25, 0.3) is 0 Å². The molecule has 0 bridgehead atoms. The number of ether oxygens (including phenoxy) is 1. The van der Waals surface area contributed by atoms with Crippen molar-refractivity contribution in [2.75, 3.05) is 14.2 Å². The van der Waals surface area contributed by atoms with E-state index in [0.29, 0.717) is 16.1 Å². The summed E-state index contributed by atoms with van der Waals surface area (Å²) >= 11 is 7.47. The SMILES string of the molecule is CON=C(C(=O)OC)c1ccccc1C#Cc1sccc1Cl. The van der Waals surface area contributed by atoms with E-state index in [0.717, 1.165) is 4.88 Å². The van der Waals surface area contributed by atoms with Gasteiger partial charge in [0, 0.05) is 11.1 Å². The topological polar surface area (TPSA) is 47.9 Å². The lowest BCUT2D eigenvalue weighted by atomic mass is 10.0. The average Bonchev–Trinajstić information content (AvgIpc) is 2.95. The van der Waals surface area contributed by atoms with E-state index in [4.69, 9.17) is 21.2 Å². The normalized spacial score (nSPS) is 10.6. The second-order valence-corrected chi connectivity index (χ2v) is 5.33. The molecule has 0 saturated carbocycles. The molecule has 0 atom stereocenters. The summed E-state index contributed by atoms with van der Waals surface area (Å²) in [5.41, 5.74) is 1.23. The second-order valence-electron chi connectivity index (χ2n) is 4.01. The van der Waals surface area contributed by atoms with Gasteiger partial charge in [0.15, 0.2) is 5.71 Å². The molecular weight excluding hydrogens is 322 g/mol. The largest absolute Gasteiger partial charge is 0.464 e. The zero-order valence-corrected chi connectivity index (χ0v) is 13.5. The van der Waals surface area contributed by atoms with Gasteiger partial charge >= 0.3 is 5.97 Å². The van der Waals surface area contributed by atoms with Gasteiger partial charge in [-0.3, -0.25) is 0 Å². The molecule has 0 unspecified atom stereocenters. The molecule has 0 spiro atoms. The van der Waals surface area contributed by atoms with Crippen molar-refractivity contribution in [3.63, 3.8) is 0 Å². The van der Waals surface area contributed by atoms with Crippen molar-refractivity contribution < 1.29 is 14.4 Å². The van der Waals surface area contributed by atoms with Crippen molar-refractivity contribution in [3.05, 3.63) is 56.7 Å². The second kappa shape index (κ2) is 7.64. The fourth-order valence-electron chi connectivity index (χ4n) is 1.69.